The maximum Gasteiger partial charge on any atom is 0.270 e. The third kappa shape index (κ3) is 2.41. The Morgan fingerprint density at radius 2 is 2.35 bits per heavy atom. The summed E-state index contributed by atoms with van der Waals surface area (Å²) in [6.45, 7) is 0. The van der Waals surface area contributed by atoms with Gasteiger partial charge in [0.1, 0.15) is 10.8 Å². The molecule has 1 amide bonds. The van der Waals surface area contributed by atoms with Gasteiger partial charge in [0.25, 0.3) is 5.91 Å². The molecule has 0 aromatic carbocycles. The minimum absolute atomic E-state index is 0.000677. The van der Waals surface area contributed by atoms with Crippen molar-refractivity contribution in [1.82, 2.24) is 20.1 Å². The van der Waals surface area contributed by atoms with E-state index in [0.717, 1.165) is 24.8 Å². The SMILES string of the molecule is Cn1ncc2c1CCCC2NC(=O)c1cccc(Cl)n1. The Balaban J connectivity index is 1.80. The van der Waals surface area contributed by atoms with E-state index < -0.39 is 0 Å². The molecule has 2 heterocycles. The molecule has 1 atom stereocenters. The van der Waals surface area contributed by atoms with Crippen LogP contribution in [0.3, 0.4) is 0 Å². The van der Waals surface area contributed by atoms with Crippen LogP contribution in [0.4, 0.5) is 0 Å². The number of amides is 1. The number of aromatic nitrogens is 3. The fraction of sp³-hybridized carbons (Fsp3) is 0.357. The van der Waals surface area contributed by atoms with Gasteiger partial charge in [0.15, 0.2) is 0 Å². The molecule has 1 N–H and O–H groups in total. The van der Waals surface area contributed by atoms with Gasteiger partial charge in [-0.05, 0) is 31.4 Å². The Morgan fingerprint density at radius 3 is 3.15 bits per heavy atom. The van der Waals surface area contributed by atoms with E-state index in [1.807, 2.05) is 17.9 Å². The van der Waals surface area contributed by atoms with Crippen molar-refractivity contribution in [1.29, 1.82) is 0 Å². The molecule has 0 fully saturated rings. The summed E-state index contributed by atoms with van der Waals surface area (Å²) in [5.41, 5.74) is 2.64. The Labute approximate surface area is 122 Å². The van der Waals surface area contributed by atoms with Crippen LogP contribution in [0.5, 0.6) is 0 Å². The van der Waals surface area contributed by atoms with Gasteiger partial charge in [-0.15, -0.1) is 0 Å². The second kappa shape index (κ2) is 5.25. The number of aryl methyl sites for hydroxylation is 1. The van der Waals surface area contributed by atoms with Crippen molar-refractivity contribution in [3.8, 4) is 0 Å². The maximum atomic E-state index is 12.2. The van der Waals surface area contributed by atoms with E-state index in [1.165, 1.54) is 5.69 Å². The summed E-state index contributed by atoms with van der Waals surface area (Å²) < 4.78 is 1.88. The van der Waals surface area contributed by atoms with E-state index in [0.29, 0.717) is 10.8 Å². The molecule has 3 rings (SSSR count). The molecule has 20 heavy (non-hydrogen) atoms. The Morgan fingerprint density at radius 1 is 1.50 bits per heavy atom. The molecule has 1 aliphatic rings. The summed E-state index contributed by atoms with van der Waals surface area (Å²) in [6.07, 6.45) is 4.81. The first-order chi connectivity index (χ1) is 9.65. The third-order valence-electron chi connectivity index (χ3n) is 3.63. The summed E-state index contributed by atoms with van der Waals surface area (Å²) in [4.78, 5) is 16.3. The zero-order valence-electron chi connectivity index (χ0n) is 11.1. The first-order valence-electron chi connectivity index (χ1n) is 6.59. The summed E-state index contributed by atoms with van der Waals surface area (Å²) in [6, 6.07) is 5.04. The van der Waals surface area contributed by atoms with E-state index in [1.54, 1.807) is 18.2 Å². The molecule has 5 nitrogen and oxygen atoms in total. The molecule has 2 aromatic heterocycles. The van der Waals surface area contributed by atoms with Crippen LogP contribution in [0.2, 0.25) is 5.15 Å². The number of hydrogen-bond acceptors (Lipinski definition) is 3. The van der Waals surface area contributed by atoms with Gasteiger partial charge in [-0.3, -0.25) is 9.48 Å². The molecule has 0 spiro atoms. The van der Waals surface area contributed by atoms with Gasteiger partial charge in [0.05, 0.1) is 12.2 Å². The Hall–Kier alpha value is -1.88. The maximum absolute atomic E-state index is 12.2. The molecule has 0 aliphatic heterocycles. The van der Waals surface area contributed by atoms with E-state index in [2.05, 4.69) is 15.4 Å². The van der Waals surface area contributed by atoms with Gasteiger partial charge in [0, 0.05) is 18.3 Å². The van der Waals surface area contributed by atoms with Gasteiger partial charge in [-0.1, -0.05) is 17.7 Å². The Bertz CT molecular complexity index is 652. The lowest BCUT2D eigenvalue weighted by Crippen LogP contribution is -2.31. The Kier molecular flexibility index (Phi) is 3.44. The van der Waals surface area contributed by atoms with Gasteiger partial charge in [-0.25, -0.2) is 4.98 Å². The van der Waals surface area contributed by atoms with Gasteiger partial charge >= 0.3 is 0 Å². The molecule has 1 unspecified atom stereocenters. The highest BCUT2D eigenvalue weighted by Crippen LogP contribution is 2.29. The number of halogens is 1. The van der Waals surface area contributed by atoms with Crippen LogP contribution in [-0.4, -0.2) is 20.7 Å². The number of hydrogen-bond donors (Lipinski definition) is 1. The van der Waals surface area contributed by atoms with Crippen LogP contribution in [0, 0.1) is 0 Å². The predicted octanol–water partition coefficient (Wildman–Crippen LogP) is 2.28. The van der Waals surface area contributed by atoms with Crippen molar-refractivity contribution in [3.05, 3.63) is 46.5 Å². The normalized spacial score (nSPS) is 17.6. The molecule has 0 bridgehead atoms. The monoisotopic (exact) mass is 290 g/mol. The summed E-state index contributed by atoms with van der Waals surface area (Å²) in [5.74, 6) is -0.200. The second-order valence-electron chi connectivity index (χ2n) is 4.93. The van der Waals surface area contributed by atoms with E-state index >= 15 is 0 Å². The number of nitrogens with one attached hydrogen (secondary N) is 1. The highest BCUT2D eigenvalue weighted by atomic mass is 35.5. The van der Waals surface area contributed by atoms with Gasteiger partial charge in [-0.2, -0.15) is 5.10 Å². The van der Waals surface area contributed by atoms with Gasteiger partial charge in [0.2, 0.25) is 0 Å². The summed E-state index contributed by atoms with van der Waals surface area (Å²) in [7, 11) is 1.93. The highest BCUT2D eigenvalue weighted by molar-refractivity contribution is 6.29. The molecule has 0 radical (unpaired) electrons. The fourth-order valence-electron chi connectivity index (χ4n) is 2.62. The van der Waals surface area contributed by atoms with Crippen molar-refractivity contribution in [2.75, 3.05) is 0 Å². The number of rotatable bonds is 2. The minimum Gasteiger partial charge on any atom is -0.344 e. The van der Waals surface area contributed by atoms with Crippen LogP contribution < -0.4 is 5.32 Å². The van der Waals surface area contributed by atoms with Crippen molar-refractivity contribution in [2.45, 2.75) is 25.3 Å². The van der Waals surface area contributed by atoms with Crippen molar-refractivity contribution < 1.29 is 4.79 Å². The molecule has 104 valence electrons. The topological polar surface area (TPSA) is 59.8 Å². The first-order valence-corrected chi connectivity index (χ1v) is 6.97. The molecule has 0 saturated heterocycles. The minimum atomic E-state index is -0.200. The molecule has 1 aliphatic carbocycles. The molecule has 0 saturated carbocycles. The zero-order valence-corrected chi connectivity index (χ0v) is 11.9. The standard InChI is InChI=1S/C14H15ClN4O/c1-19-12-6-2-4-10(9(12)8-16-19)18-14(20)11-5-3-7-13(15)17-11/h3,5,7-8,10H,2,4,6H2,1H3,(H,18,20). The third-order valence-corrected chi connectivity index (χ3v) is 3.84. The van der Waals surface area contributed by atoms with Crippen molar-refractivity contribution >= 4 is 17.5 Å². The van der Waals surface area contributed by atoms with Gasteiger partial charge < -0.3 is 5.32 Å². The van der Waals surface area contributed by atoms with Crippen LogP contribution >= 0.6 is 11.6 Å². The van der Waals surface area contributed by atoms with E-state index in [-0.39, 0.29) is 11.9 Å². The number of carbonyl (C=O) groups excluding carboxylic acids is 1. The van der Waals surface area contributed by atoms with E-state index in [4.69, 9.17) is 11.6 Å². The van der Waals surface area contributed by atoms with E-state index in [9.17, 15) is 4.79 Å². The lowest BCUT2D eigenvalue weighted by molar-refractivity contribution is 0.0927. The number of fused-ring (bicyclic) bond motifs is 1. The molecular formula is C14H15ClN4O. The first kappa shape index (κ1) is 13.1. The quantitative estimate of drug-likeness (QED) is 0.863. The van der Waals surface area contributed by atoms with Crippen molar-refractivity contribution in [2.24, 2.45) is 7.05 Å². The number of nitrogens with zero attached hydrogens (tertiary/aromatic N) is 3. The average molecular weight is 291 g/mol. The summed E-state index contributed by atoms with van der Waals surface area (Å²) >= 11 is 5.81. The largest absolute Gasteiger partial charge is 0.344 e. The number of carbonyl (C=O) groups is 1. The van der Waals surface area contributed by atoms with Crippen LogP contribution in [0.25, 0.3) is 0 Å². The smallest absolute Gasteiger partial charge is 0.270 e. The lowest BCUT2D eigenvalue weighted by atomic mass is 9.93. The van der Waals surface area contributed by atoms with Crippen molar-refractivity contribution in [3.63, 3.8) is 0 Å². The summed E-state index contributed by atoms with van der Waals surface area (Å²) in [5, 5.41) is 7.61. The van der Waals surface area contributed by atoms with Crippen LogP contribution in [0.15, 0.2) is 24.4 Å². The highest BCUT2D eigenvalue weighted by Gasteiger charge is 2.25. The number of pyridine rings is 1. The second-order valence-corrected chi connectivity index (χ2v) is 5.32. The van der Waals surface area contributed by atoms with Crippen LogP contribution in [0.1, 0.15) is 40.6 Å². The predicted molar refractivity (Wildman–Crippen MR) is 75.6 cm³/mol. The molecule has 6 heteroatoms. The lowest BCUT2D eigenvalue weighted by Gasteiger charge is -2.23. The molecular weight excluding hydrogens is 276 g/mol. The van der Waals surface area contributed by atoms with Crippen LogP contribution in [-0.2, 0) is 13.5 Å². The molecule has 2 aromatic rings. The average Bonchev–Trinajstić information content (AvgIpc) is 2.82. The fourth-order valence-corrected chi connectivity index (χ4v) is 2.79. The zero-order chi connectivity index (χ0) is 14.1.